The fraction of sp³-hybridized carbons (Fsp3) is 0.529. The molecule has 1 aromatic rings. The third-order valence-corrected chi connectivity index (χ3v) is 4.27. The summed E-state index contributed by atoms with van der Waals surface area (Å²) in [6.07, 6.45) is 3.15. The quantitative estimate of drug-likeness (QED) is 0.508. The number of carbonyl (C=O) groups excluding carboxylic acids is 1. The Bertz CT molecular complexity index is 489. The van der Waals surface area contributed by atoms with Gasteiger partial charge < -0.3 is 5.32 Å². The van der Waals surface area contributed by atoms with E-state index in [9.17, 15) is 4.79 Å². The molecule has 0 saturated carbocycles. The molecule has 0 aromatic heterocycles. The molecule has 0 aliphatic carbocycles. The number of hydroxylamine groups is 1. The SMILES string of the molecule is CCC(C)(C)NC(=O)C(CCCc1ccccc1)C(=S)NO. The van der Waals surface area contributed by atoms with Crippen molar-refractivity contribution < 1.29 is 10.0 Å². The highest BCUT2D eigenvalue weighted by Crippen LogP contribution is 2.15. The van der Waals surface area contributed by atoms with E-state index in [0.29, 0.717) is 6.42 Å². The lowest BCUT2D eigenvalue weighted by atomic mass is 9.95. The number of aryl methyl sites for hydroxylation is 1. The van der Waals surface area contributed by atoms with Crippen LogP contribution in [0.5, 0.6) is 0 Å². The largest absolute Gasteiger partial charge is 0.351 e. The van der Waals surface area contributed by atoms with Crippen LogP contribution < -0.4 is 10.8 Å². The molecule has 3 N–H and O–H groups in total. The first-order valence-electron chi connectivity index (χ1n) is 7.69. The number of thiocarbonyl (C=S) groups is 1. The maximum absolute atomic E-state index is 12.4. The minimum atomic E-state index is -0.505. The topological polar surface area (TPSA) is 61.4 Å². The number of carbonyl (C=O) groups is 1. The predicted octanol–water partition coefficient (Wildman–Crippen LogP) is 3.24. The van der Waals surface area contributed by atoms with Gasteiger partial charge in [-0.1, -0.05) is 49.5 Å². The molecule has 1 amide bonds. The van der Waals surface area contributed by atoms with E-state index in [4.69, 9.17) is 17.4 Å². The van der Waals surface area contributed by atoms with Crippen molar-refractivity contribution in [2.75, 3.05) is 0 Å². The number of amides is 1. The number of nitrogens with one attached hydrogen (secondary N) is 2. The molecule has 122 valence electrons. The van der Waals surface area contributed by atoms with Crippen LogP contribution in [0.1, 0.15) is 45.6 Å². The van der Waals surface area contributed by atoms with Gasteiger partial charge in [-0.3, -0.25) is 15.5 Å². The first-order valence-corrected chi connectivity index (χ1v) is 8.10. The molecule has 0 aliphatic heterocycles. The molecule has 0 bridgehead atoms. The average molecular weight is 322 g/mol. The molecule has 0 aliphatic rings. The summed E-state index contributed by atoms with van der Waals surface area (Å²) in [5.41, 5.74) is 2.93. The van der Waals surface area contributed by atoms with Gasteiger partial charge in [0.05, 0.1) is 5.92 Å². The van der Waals surface area contributed by atoms with Crippen molar-refractivity contribution in [1.29, 1.82) is 0 Å². The highest BCUT2D eigenvalue weighted by atomic mass is 32.1. The lowest BCUT2D eigenvalue weighted by Gasteiger charge is -2.27. The van der Waals surface area contributed by atoms with E-state index in [-0.39, 0.29) is 16.4 Å². The first-order chi connectivity index (χ1) is 10.4. The Morgan fingerprint density at radius 3 is 2.50 bits per heavy atom. The summed E-state index contributed by atoms with van der Waals surface area (Å²) in [4.78, 5) is 12.6. The van der Waals surface area contributed by atoms with Crippen molar-refractivity contribution in [2.45, 2.75) is 52.0 Å². The van der Waals surface area contributed by atoms with E-state index in [0.717, 1.165) is 19.3 Å². The summed E-state index contributed by atoms with van der Waals surface area (Å²) in [6.45, 7) is 5.97. The summed E-state index contributed by atoms with van der Waals surface area (Å²) in [5, 5.41) is 12.0. The minimum Gasteiger partial charge on any atom is -0.351 e. The second kappa shape index (κ2) is 8.86. The maximum Gasteiger partial charge on any atom is 0.230 e. The van der Waals surface area contributed by atoms with Gasteiger partial charge in [0.1, 0.15) is 4.99 Å². The van der Waals surface area contributed by atoms with E-state index >= 15 is 0 Å². The molecule has 0 fully saturated rings. The summed E-state index contributed by atoms with van der Waals surface area (Å²) < 4.78 is 0. The maximum atomic E-state index is 12.4. The van der Waals surface area contributed by atoms with E-state index in [2.05, 4.69) is 17.4 Å². The number of hydrogen-bond acceptors (Lipinski definition) is 3. The molecular formula is C17H26N2O2S. The predicted molar refractivity (Wildman–Crippen MR) is 92.9 cm³/mol. The van der Waals surface area contributed by atoms with Crippen LogP contribution in [0.25, 0.3) is 0 Å². The highest BCUT2D eigenvalue weighted by molar-refractivity contribution is 7.80. The molecule has 0 heterocycles. The Morgan fingerprint density at radius 2 is 1.95 bits per heavy atom. The molecule has 0 spiro atoms. The fourth-order valence-electron chi connectivity index (χ4n) is 2.12. The van der Waals surface area contributed by atoms with Crippen molar-refractivity contribution in [3.8, 4) is 0 Å². The van der Waals surface area contributed by atoms with Gasteiger partial charge in [-0.25, -0.2) is 0 Å². The van der Waals surface area contributed by atoms with Crippen LogP contribution in [0.3, 0.4) is 0 Å². The highest BCUT2D eigenvalue weighted by Gasteiger charge is 2.27. The standard InChI is InChI=1S/C17H26N2O2S/c1-4-17(2,3)18-15(20)14(16(22)19-21)12-8-11-13-9-6-5-7-10-13/h5-7,9-10,14,21H,4,8,11-12H2,1-3H3,(H,18,20)(H,19,22). The number of benzene rings is 1. The van der Waals surface area contributed by atoms with E-state index < -0.39 is 5.92 Å². The molecule has 1 atom stereocenters. The molecule has 22 heavy (non-hydrogen) atoms. The minimum absolute atomic E-state index is 0.133. The lowest BCUT2D eigenvalue weighted by molar-refractivity contribution is -0.125. The fourth-order valence-corrected chi connectivity index (χ4v) is 2.35. The van der Waals surface area contributed by atoms with Crippen LogP contribution in [0.2, 0.25) is 0 Å². The number of hydrogen-bond donors (Lipinski definition) is 3. The summed E-state index contributed by atoms with van der Waals surface area (Å²) in [7, 11) is 0. The summed E-state index contributed by atoms with van der Waals surface area (Å²) >= 11 is 5.09. The molecule has 5 heteroatoms. The van der Waals surface area contributed by atoms with Crippen molar-refractivity contribution in [1.82, 2.24) is 10.8 Å². The van der Waals surface area contributed by atoms with Crippen LogP contribution in [0.15, 0.2) is 30.3 Å². The molecule has 1 aromatic carbocycles. The smallest absolute Gasteiger partial charge is 0.230 e. The van der Waals surface area contributed by atoms with Crippen molar-refractivity contribution in [2.24, 2.45) is 5.92 Å². The summed E-state index contributed by atoms with van der Waals surface area (Å²) in [6, 6.07) is 10.1. The van der Waals surface area contributed by atoms with Gasteiger partial charge in [-0.05, 0) is 45.1 Å². The molecule has 1 rings (SSSR count). The van der Waals surface area contributed by atoms with Crippen molar-refractivity contribution in [3.63, 3.8) is 0 Å². The van der Waals surface area contributed by atoms with E-state index in [1.54, 1.807) is 0 Å². The first kappa shape index (κ1) is 18.6. The van der Waals surface area contributed by atoms with Gasteiger partial charge in [0, 0.05) is 5.54 Å². The van der Waals surface area contributed by atoms with Gasteiger partial charge in [0.15, 0.2) is 0 Å². The van der Waals surface area contributed by atoms with Crippen LogP contribution >= 0.6 is 12.2 Å². The van der Waals surface area contributed by atoms with Gasteiger partial charge in [-0.2, -0.15) is 0 Å². The third kappa shape index (κ3) is 6.12. The molecule has 0 radical (unpaired) electrons. The zero-order valence-corrected chi connectivity index (χ0v) is 14.4. The second-order valence-electron chi connectivity index (χ2n) is 6.13. The van der Waals surface area contributed by atoms with E-state index in [1.165, 1.54) is 5.56 Å². The average Bonchev–Trinajstić information content (AvgIpc) is 2.51. The normalized spacial score (nSPS) is 12.5. The molecule has 0 saturated heterocycles. The van der Waals surface area contributed by atoms with Crippen molar-refractivity contribution >= 4 is 23.1 Å². The van der Waals surface area contributed by atoms with Crippen LogP contribution in [0.4, 0.5) is 0 Å². The zero-order chi connectivity index (χ0) is 16.6. The third-order valence-electron chi connectivity index (χ3n) is 3.89. The van der Waals surface area contributed by atoms with Crippen LogP contribution in [-0.4, -0.2) is 21.6 Å². The van der Waals surface area contributed by atoms with Gasteiger partial charge >= 0.3 is 0 Å². The Labute approximate surface area is 138 Å². The Kier molecular flexibility index (Phi) is 7.48. The van der Waals surface area contributed by atoms with Gasteiger partial charge in [0.2, 0.25) is 5.91 Å². The molecular weight excluding hydrogens is 296 g/mol. The van der Waals surface area contributed by atoms with Crippen molar-refractivity contribution in [3.05, 3.63) is 35.9 Å². The summed E-state index contributed by atoms with van der Waals surface area (Å²) in [5.74, 6) is -0.638. The Morgan fingerprint density at radius 1 is 1.32 bits per heavy atom. The molecule has 1 unspecified atom stereocenters. The molecule has 4 nitrogen and oxygen atoms in total. The lowest BCUT2D eigenvalue weighted by Crippen LogP contribution is -2.48. The second-order valence-corrected chi connectivity index (χ2v) is 6.57. The Balaban J connectivity index is 2.61. The monoisotopic (exact) mass is 322 g/mol. The Hall–Kier alpha value is -1.46. The number of rotatable bonds is 8. The van der Waals surface area contributed by atoms with Crippen LogP contribution in [-0.2, 0) is 11.2 Å². The van der Waals surface area contributed by atoms with Crippen LogP contribution in [0, 0.1) is 5.92 Å². The van der Waals surface area contributed by atoms with E-state index in [1.807, 2.05) is 44.5 Å². The van der Waals surface area contributed by atoms with Gasteiger partial charge in [0.25, 0.3) is 0 Å². The zero-order valence-electron chi connectivity index (χ0n) is 13.6. The van der Waals surface area contributed by atoms with Gasteiger partial charge in [-0.15, -0.1) is 0 Å².